The van der Waals surface area contributed by atoms with Gasteiger partial charge in [-0.25, -0.2) is 0 Å². The van der Waals surface area contributed by atoms with E-state index in [1.165, 1.54) is 0 Å². The fourth-order valence-electron chi connectivity index (χ4n) is 0.908. The van der Waals surface area contributed by atoms with Crippen LogP contribution in [0.3, 0.4) is 0 Å². The van der Waals surface area contributed by atoms with Gasteiger partial charge < -0.3 is 9.53 Å². The third kappa shape index (κ3) is 4.16. The Balaban J connectivity index is 3.93. The van der Waals surface area contributed by atoms with Crippen molar-refractivity contribution in [3.63, 3.8) is 0 Å². The molecule has 0 spiro atoms. The van der Waals surface area contributed by atoms with E-state index in [9.17, 15) is 4.79 Å². The van der Waals surface area contributed by atoms with Gasteiger partial charge >= 0.3 is 5.97 Å². The molecule has 4 heteroatoms. The highest BCUT2D eigenvalue weighted by atomic mass is 28.4. The van der Waals surface area contributed by atoms with Crippen LogP contribution in [0.1, 0.15) is 6.92 Å². The van der Waals surface area contributed by atoms with Gasteiger partial charge in [0.15, 0.2) is 8.32 Å². The smallest absolute Gasteiger partial charge is 0.306 e. The topological polar surface area (TPSA) is 46.5 Å². The van der Waals surface area contributed by atoms with Gasteiger partial charge in [0, 0.05) is 7.11 Å². The van der Waals surface area contributed by atoms with Gasteiger partial charge in [0.05, 0.1) is 5.92 Å². The molecular formula is C7H16O3Si. The lowest BCUT2D eigenvalue weighted by molar-refractivity contribution is -0.140. The highest BCUT2D eigenvalue weighted by molar-refractivity contribution is 6.71. The minimum atomic E-state index is -1.68. The molecule has 0 fully saturated rings. The first-order chi connectivity index (χ1) is 4.89. The van der Waals surface area contributed by atoms with Crippen molar-refractivity contribution in [2.75, 3.05) is 7.11 Å². The van der Waals surface area contributed by atoms with Crippen LogP contribution in [0, 0.1) is 5.92 Å². The molecular weight excluding hydrogens is 160 g/mol. The first-order valence-corrected chi connectivity index (χ1v) is 6.78. The average molecular weight is 176 g/mol. The second kappa shape index (κ2) is 3.87. The van der Waals surface area contributed by atoms with Crippen molar-refractivity contribution in [1.29, 1.82) is 0 Å². The van der Waals surface area contributed by atoms with E-state index in [1.54, 1.807) is 14.0 Å². The normalized spacial score (nSPS) is 14.5. The molecule has 0 aliphatic heterocycles. The molecule has 1 unspecified atom stereocenters. The van der Waals surface area contributed by atoms with Gasteiger partial charge in [-0.1, -0.05) is 6.92 Å². The number of aliphatic carboxylic acids is 1. The highest BCUT2D eigenvalue weighted by Gasteiger charge is 2.26. The number of rotatable bonds is 4. The first-order valence-electron chi connectivity index (χ1n) is 3.67. The molecule has 0 heterocycles. The Morgan fingerprint density at radius 3 is 2.36 bits per heavy atom. The Morgan fingerprint density at radius 1 is 1.64 bits per heavy atom. The lowest BCUT2D eigenvalue weighted by Crippen LogP contribution is -2.32. The third-order valence-corrected chi connectivity index (χ3v) is 4.47. The third-order valence-electron chi connectivity index (χ3n) is 1.77. The van der Waals surface area contributed by atoms with Crippen LogP contribution in [0.5, 0.6) is 0 Å². The summed E-state index contributed by atoms with van der Waals surface area (Å²) >= 11 is 0. The summed E-state index contributed by atoms with van der Waals surface area (Å²) in [6.45, 7) is 5.76. The van der Waals surface area contributed by atoms with E-state index in [4.69, 9.17) is 9.53 Å². The molecule has 0 saturated heterocycles. The lowest BCUT2D eigenvalue weighted by Gasteiger charge is -2.21. The second-order valence-electron chi connectivity index (χ2n) is 3.41. The number of carboxylic acids is 1. The molecule has 1 N–H and O–H groups in total. The molecule has 0 amide bonds. The first kappa shape index (κ1) is 10.6. The van der Waals surface area contributed by atoms with Crippen molar-refractivity contribution < 1.29 is 14.3 Å². The maximum absolute atomic E-state index is 10.5. The van der Waals surface area contributed by atoms with Gasteiger partial charge in [-0.15, -0.1) is 0 Å². The van der Waals surface area contributed by atoms with Crippen LogP contribution in [0.15, 0.2) is 0 Å². The average Bonchev–Trinajstić information content (AvgIpc) is 1.87. The summed E-state index contributed by atoms with van der Waals surface area (Å²) < 4.78 is 5.23. The molecule has 11 heavy (non-hydrogen) atoms. The van der Waals surface area contributed by atoms with Gasteiger partial charge in [-0.3, -0.25) is 4.79 Å². The van der Waals surface area contributed by atoms with E-state index in [0.717, 1.165) is 0 Å². The molecule has 0 bridgehead atoms. The van der Waals surface area contributed by atoms with Gasteiger partial charge in [0.25, 0.3) is 0 Å². The van der Waals surface area contributed by atoms with Gasteiger partial charge in [-0.2, -0.15) is 0 Å². The van der Waals surface area contributed by atoms with E-state index in [1.807, 2.05) is 13.1 Å². The van der Waals surface area contributed by atoms with Crippen LogP contribution in [0.4, 0.5) is 0 Å². The lowest BCUT2D eigenvalue weighted by atomic mass is 10.2. The summed E-state index contributed by atoms with van der Waals surface area (Å²) in [5.74, 6) is -1.01. The zero-order chi connectivity index (χ0) is 9.07. The monoisotopic (exact) mass is 176 g/mol. The Labute approximate surface area is 68.5 Å². The Kier molecular flexibility index (Phi) is 3.75. The fourth-order valence-corrected chi connectivity index (χ4v) is 2.72. The van der Waals surface area contributed by atoms with E-state index >= 15 is 0 Å². The van der Waals surface area contributed by atoms with Gasteiger partial charge in [0.1, 0.15) is 0 Å². The molecule has 0 radical (unpaired) electrons. The largest absolute Gasteiger partial charge is 0.481 e. The van der Waals surface area contributed by atoms with E-state index in [-0.39, 0.29) is 5.92 Å². The summed E-state index contributed by atoms with van der Waals surface area (Å²) in [7, 11) is -0.0304. The van der Waals surface area contributed by atoms with Crippen LogP contribution in [0.2, 0.25) is 19.1 Å². The van der Waals surface area contributed by atoms with Crippen LogP contribution in [-0.4, -0.2) is 26.5 Å². The molecule has 0 aliphatic carbocycles. The second-order valence-corrected chi connectivity index (χ2v) is 7.74. The zero-order valence-electron chi connectivity index (χ0n) is 7.55. The minimum absolute atomic E-state index is 0.281. The maximum Gasteiger partial charge on any atom is 0.306 e. The summed E-state index contributed by atoms with van der Waals surface area (Å²) in [5.41, 5.74) is 0. The molecule has 66 valence electrons. The van der Waals surface area contributed by atoms with Crippen LogP contribution >= 0.6 is 0 Å². The Bertz CT molecular complexity index is 145. The minimum Gasteiger partial charge on any atom is -0.481 e. The standard InChI is InChI=1S/C7H16O3Si/c1-6(7(8)9)5-11(3,4)10-2/h6H,5H2,1-4H3,(H,8,9). The van der Waals surface area contributed by atoms with Crippen LogP contribution in [-0.2, 0) is 9.22 Å². The number of hydrogen-bond acceptors (Lipinski definition) is 2. The molecule has 0 rings (SSSR count). The molecule has 1 atom stereocenters. The predicted molar refractivity (Wildman–Crippen MR) is 46.1 cm³/mol. The molecule has 0 aromatic heterocycles. The zero-order valence-corrected chi connectivity index (χ0v) is 8.55. The quantitative estimate of drug-likeness (QED) is 0.661. The molecule has 0 aromatic carbocycles. The Hall–Kier alpha value is -0.353. The molecule has 3 nitrogen and oxygen atoms in total. The predicted octanol–water partition coefficient (Wildman–Crippen LogP) is 1.56. The number of hydrogen-bond donors (Lipinski definition) is 1. The molecule has 0 aromatic rings. The van der Waals surface area contributed by atoms with Crippen molar-refractivity contribution >= 4 is 14.3 Å². The molecule has 0 saturated carbocycles. The van der Waals surface area contributed by atoms with Crippen molar-refractivity contribution in [1.82, 2.24) is 0 Å². The number of carboxylic acid groups (broad SMARTS) is 1. The summed E-state index contributed by atoms with van der Waals surface area (Å²) in [6, 6.07) is 0.679. The summed E-state index contributed by atoms with van der Waals surface area (Å²) in [4.78, 5) is 10.5. The fraction of sp³-hybridized carbons (Fsp3) is 0.857. The van der Waals surface area contributed by atoms with Crippen molar-refractivity contribution in [3.8, 4) is 0 Å². The van der Waals surface area contributed by atoms with Gasteiger partial charge in [-0.05, 0) is 19.1 Å². The van der Waals surface area contributed by atoms with Crippen molar-refractivity contribution in [2.24, 2.45) is 5.92 Å². The number of carbonyl (C=O) groups is 1. The SMILES string of the molecule is CO[Si](C)(C)CC(C)C(=O)O. The van der Waals surface area contributed by atoms with Gasteiger partial charge in [0.2, 0.25) is 0 Å². The van der Waals surface area contributed by atoms with Crippen molar-refractivity contribution in [3.05, 3.63) is 0 Å². The summed E-state index contributed by atoms with van der Waals surface area (Å²) in [5, 5.41) is 8.61. The van der Waals surface area contributed by atoms with E-state index in [2.05, 4.69) is 0 Å². The van der Waals surface area contributed by atoms with E-state index < -0.39 is 14.3 Å². The maximum atomic E-state index is 10.5. The highest BCUT2D eigenvalue weighted by Crippen LogP contribution is 2.16. The van der Waals surface area contributed by atoms with Crippen molar-refractivity contribution in [2.45, 2.75) is 26.1 Å². The summed E-state index contributed by atoms with van der Waals surface area (Å²) in [6.07, 6.45) is 0. The van der Waals surface area contributed by atoms with Crippen LogP contribution < -0.4 is 0 Å². The Morgan fingerprint density at radius 2 is 2.09 bits per heavy atom. The molecule has 0 aliphatic rings. The van der Waals surface area contributed by atoms with E-state index in [0.29, 0.717) is 6.04 Å². The van der Waals surface area contributed by atoms with Crippen LogP contribution in [0.25, 0.3) is 0 Å².